The highest BCUT2D eigenvalue weighted by Gasteiger charge is 2.34. The molecule has 0 aromatic heterocycles. The minimum atomic E-state index is 0.0703. The van der Waals surface area contributed by atoms with Crippen molar-refractivity contribution in [2.75, 3.05) is 0 Å². The van der Waals surface area contributed by atoms with Gasteiger partial charge in [-0.2, -0.15) is 5.10 Å². The Morgan fingerprint density at radius 2 is 1.82 bits per heavy atom. The summed E-state index contributed by atoms with van der Waals surface area (Å²) in [5.41, 5.74) is 2.69. The molecule has 1 amide bonds. The van der Waals surface area contributed by atoms with Crippen molar-refractivity contribution in [3.05, 3.63) is 12.2 Å². The van der Waals surface area contributed by atoms with Crippen LogP contribution in [0.2, 0.25) is 0 Å². The van der Waals surface area contributed by atoms with Crippen molar-refractivity contribution in [1.82, 2.24) is 5.43 Å². The minimum Gasteiger partial charge on any atom is -0.273 e. The van der Waals surface area contributed by atoms with E-state index in [1.807, 2.05) is 6.21 Å². The summed E-state index contributed by atoms with van der Waals surface area (Å²) in [5, 5.41) is 4.16. The molecular formula is C19H32N2O. The number of nitrogens with zero attached hydrogens (tertiary/aromatic N) is 1. The Morgan fingerprint density at radius 3 is 2.45 bits per heavy atom. The molecule has 124 valence electrons. The molecule has 1 saturated carbocycles. The number of hydrogen-bond donors (Lipinski definition) is 1. The molecule has 2 rings (SSSR count). The average molecular weight is 304 g/mol. The van der Waals surface area contributed by atoms with Crippen LogP contribution < -0.4 is 5.43 Å². The molecule has 0 aromatic carbocycles. The zero-order valence-electron chi connectivity index (χ0n) is 14.1. The maximum atomic E-state index is 11.7. The SMILES string of the molecule is CCCCCCCCCCC(=O)N/N=C/C1CC2C=CC1C2. The summed E-state index contributed by atoms with van der Waals surface area (Å²) in [5.74, 6) is 2.03. The van der Waals surface area contributed by atoms with E-state index in [0.717, 1.165) is 12.3 Å². The van der Waals surface area contributed by atoms with Crippen LogP contribution in [0.25, 0.3) is 0 Å². The number of unbranched alkanes of at least 4 members (excludes halogenated alkanes) is 7. The number of hydrazone groups is 1. The van der Waals surface area contributed by atoms with E-state index >= 15 is 0 Å². The monoisotopic (exact) mass is 304 g/mol. The van der Waals surface area contributed by atoms with Gasteiger partial charge in [-0.15, -0.1) is 0 Å². The zero-order valence-corrected chi connectivity index (χ0v) is 14.1. The van der Waals surface area contributed by atoms with Gasteiger partial charge in [-0.1, -0.05) is 64.0 Å². The van der Waals surface area contributed by atoms with Crippen LogP contribution in [-0.4, -0.2) is 12.1 Å². The van der Waals surface area contributed by atoms with E-state index in [-0.39, 0.29) is 5.91 Å². The molecule has 0 radical (unpaired) electrons. The number of amides is 1. The van der Waals surface area contributed by atoms with Crippen LogP contribution in [0.4, 0.5) is 0 Å². The van der Waals surface area contributed by atoms with E-state index in [0.29, 0.717) is 18.3 Å². The summed E-state index contributed by atoms with van der Waals surface area (Å²) in [7, 11) is 0. The zero-order chi connectivity index (χ0) is 15.6. The van der Waals surface area contributed by atoms with Crippen LogP contribution in [0.5, 0.6) is 0 Å². The van der Waals surface area contributed by atoms with Gasteiger partial charge in [0.1, 0.15) is 0 Å². The van der Waals surface area contributed by atoms with Gasteiger partial charge in [0.05, 0.1) is 0 Å². The van der Waals surface area contributed by atoms with Crippen LogP contribution in [0.15, 0.2) is 17.3 Å². The normalized spacial score (nSPS) is 26.1. The molecule has 22 heavy (non-hydrogen) atoms. The summed E-state index contributed by atoms with van der Waals surface area (Å²) in [6.45, 7) is 2.25. The van der Waals surface area contributed by atoms with Gasteiger partial charge in [0, 0.05) is 18.6 Å². The van der Waals surface area contributed by atoms with E-state index in [4.69, 9.17) is 0 Å². The molecule has 2 bridgehead atoms. The number of fused-ring (bicyclic) bond motifs is 2. The molecule has 2 aliphatic carbocycles. The molecule has 1 N–H and O–H groups in total. The highest BCUT2D eigenvalue weighted by atomic mass is 16.2. The third-order valence-corrected chi connectivity index (χ3v) is 5.04. The molecule has 3 nitrogen and oxygen atoms in total. The molecule has 0 aliphatic heterocycles. The van der Waals surface area contributed by atoms with E-state index in [9.17, 15) is 4.79 Å². The second kappa shape index (κ2) is 9.81. The van der Waals surface area contributed by atoms with Gasteiger partial charge in [0.15, 0.2) is 0 Å². The number of allylic oxidation sites excluding steroid dienone is 2. The van der Waals surface area contributed by atoms with Crippen molar-refractivity contribution in [3.63, 3.8) is 0 Å². The number of carbonyl (C=O) groups excluding carboxylic acids is 1. The van der Waals surface area contributed by atoms with Gasteiger partial charge in [0.2, 0.25) is 5.91 Å². The van der Waals surface area contributed by atoms with E-state index in [1.54, 1.807) is 0 Å². The number of carbonyl (C=O) groups is 1. The second-order valence-electron chi connectivity index (χ2n) is 6.98. The van der Waals surface area contributed by atoms with Gasteiger partial charge >= 0.3 is 0 Å². The topological polar surface area (TPSA) is 41.5 Å². The Hall–Kier alpha value is -1.12. The Labute approximate surface area is 135 Å². The standard InChI is InChI=1S/C19H32N2O/c1-2-3-4-5-6-7-8-9-10-19(22)21-20-15-18-14-16-11-12-17(18)13-16/h11-12,15-18H,2-10,13-14H2,1H3,(H,21,22)/b20-15+. The van der Waals surface area contributed by atoms with Crippen molar-refractivity contribution in [3.8, 4) is 0 Å². The second-order valence-corrected chi connectivity index (χ2v) is 6.98. The Balaban J connectivity index is 1.44. The predicted octanol–water partition coefficient (Wildman–Crippen LogP) is 4.83. The Kier molecular flexibility index (Phi) is 7.68. The van der Waals surface area contributed by atoms with Crippen molar-refractivity contribution < 1.29 is 4.79 Å². The molecule has 3 heteroatoms. The van der Waals surface area contributed by atoms with Gasteiger partial charge in [-0.25, -0.2) is 5.43 Å². The fourth-order valence-corrected chi connectivity index (χ4v) is 3.68. The maximum Gasteiger partial charge on any atom is 0.240 e. The molecule has 1 fully saturated rings. The predicted molar refractivity (Wildman–Crippen MR) is 92.7 cm³/mol. The molecule has 0 spiro atoms. The minimum absolute atomic E-state index is 0.0703. The fourth-order valence-electron chi connectivity index (χ4n) is 3.68. The van der Waals surface area contributed by atoms with Crippen molar-refractivity contribution in [1.29, 1.82) is 0 Å². The van der Waals surface area contributed by atoms with Crippen LogP contribution in [-0.2, 0) is 4.79 Å². The van der Waals surface area contributed by atoms with Crippen LogP contribution in [0.1, 0.15) is 77.6 Å². The first-order valence-electron chi connectivity index (χ1n) is 9.30. The summed E-state index contributed by atoms with van der Waals surface area (Å²) >= 11 is 0. The fraction of sp³-hybridized carbons (Fsp3) is 0.789. The van der Waals surface area contributed by atoms with E-state index < -0.39 is 0 Å². The average Bonchev–Trinajstić information content (AvgIpc) is 3.13. The van der Waals surface area contributed by atoms with E-state index in [1.165, 1.54) is 57.8 Å². The lowest BCUT2D eigenvalue weighted by molar-refractivity contribution is -0.121. The first-order valence-corrected chi connectivity index (χ1v) is 9.30. The molecular weight excluding hydrogens is 272 g/mol. The summed E-state index contributed by atoms with van der Waals surface area (Å²) in [4.78, 5) is 11.7. The van der Waals surface area contributed by atoms with Crippen LogP contribution >= 0.6 is 0 Å². The summed E-state index contributed by atoms with van der Waals surface area (Å²) in [6, 6.07) is 0. The molecule has 0 aromatic rings. The van der Waals surface area contributed by atoms with Crippen molar-refractivity contribution >= 4 is 12.1 Å². The van der Waals surface area contributed by atoms with Crippen LogP contribution in [0, 0.1) is 17.8 Å². The highest BCUT2D eigenvalue weighted by Crippen LogP contribution is 2.42. The highest BCUT2D eigenvalue weighted by molar-refractivity contribution is 5.77. The molecule has 2 aliphatic rings. The molecule has 3 atom stereocenters. The van der Waals surface area contributed by atoms with Crippen molar-refractivity contribution in [2.24, 2.45) is 22.9 Å². The molecule has 0 saturated heterocycles. The first kappa shape index (κ1) is 17.2. The van der Waals surface area contributed by atoms with Gasteiger partial charge in [-0.3, -0.25) is 4.79 Å². The first-order chi connectivity index (χ1) is 10.8. The van der Waals surface area contributed by atoms with Gasteiger partial charge in [-0.05, 0) is 31.1 Å². The molecule has 3 unspecified atom stereocenters. The number of rotatable bonds is 11. The molecule has 0 heterocycles. The smallest absolute Gasteiger partial charge is 0.240 e. The van der Waals surface area contributed by atoms with Crippen LogP contribution in [0.3, 0.4) is 0 Å². The third-order valence-electron chi connectivity index (χ3n) is 5.04. The van der Waals surface area contributed by atoms with E-state index in [2.05, 4.69) is 29.6 Å². The summed E-state index contributed by atoms with van der Waals surface area (Å²) < 4.78 is 0. The summed E-state index contributed by atoms with van der Waals surface area (Å²) in [6.07, 6.45) is 19.8. The number of nitrogens with one attached hydrogen (secondary N) is 1. The lowest BCUT2D eigenvalue weighted by Gasteiger charge is -2.11. The lowest BCUT2D eigenvalue weighted by Crippen LogP contribution is -2.19. The largest absolute Gasteiger partial charge is 0.273 e. The third kappa shape index (κ3) is 5.94. The van der Waals surface area contributed by atoms with Gasteiger partial charge < -0.3 is 0 Å². The van der Waals surface area contributed by atoms with Crippen molar-refractivity contribution in [2.45, 2.75) is 77.6 Å². The lowest BCUT2D eigenvalue weighted by atomic mass is 9.95. The maximum absolute atomic E-state index is 11.7. The Bertz CT molecular complexity index is 389. The Morgan fingerprint density at radius 1 is 1.09 bits per heavy atom. The number of hydrogen-bond acceptors (Lipinski definition) is 2. The van der Waals surface area contributed by atoms with Gasteiger partial charge in [0.25, 0.3) is 0 Å². The quantitative estimate of drug-likeness (QED) is 0.252.